The molecule has 3 N–H and O–H groups in total. The van der Waals surface area contributed by atoms with Crippen molar-refractivity contribution in [1.82, 2.24) is 15.3 Å². The normalized spacial score (nSPS) is 10.6. The first kappa shape index (κ1) is 14.1. The molecule has 110 valence electrons. The summed E-state index contributed by atoms with van der Waals surface area (Å²) in [6.07, 6.45) is 5.37. The van der Waals surface area contributed by atoms with E-state index < -0.39 is 0 Å². The van der Waals surface area contributed by atoms with Gasteiger partial charge in [0.1, 0.15) is 5.82 Å². The first-order valence-corrected chi connectivity index (χ1v) is 7.11. The lowest BCUT2D eigenvalue weighted by molar-refractivity contribution is 0.892. The molecule has 0 saturated carbocycles. The van der Waals surface area contributed by atoms with E-state index in [2.05, 4.69) is 40.1 Å². The Hall–Kier alpha value is -2.88. The van der Waals surface area contributed by atoms with Crippen LogP contribution < -0.4 is 11.1 Å². The Bertz CT molecular complexity index is 839. The molecule has 0 aliphatic heterocycles. The molecule has 0 bridgehead atoms. The van der Waals surface area contributed by atoms with Crippen LogP contribution in [-0.2, 0) is 6.54 Å². The van der Waals surface area contributed by atoms with Crippen LogP contribution in [-0.4, -0.2) is 9.97 Å². The van der Waals surface area contributed by atoms with E-state index in [1.807, 2.05) is 31.5 Å². The van der Waals surface area contributed by atoms with Crippen LogP contribution in [0, 0.1) is 6.92 Å². The van der Waals surface area contributed by atoms with Gasteiger partial charge in [-0.15, -0.1) is 0 Å². The van der Waals surface area contributed by atoms with E-state index in [0.29, 0.717) is 12.4 Å². The molecule has 0 aliphatic carbocycles. The molecule has 0 saturated heterocycles. The quantitative estimate of drug-likeness (QED) is 0.774. The molecule has 2 heterocycles. The molecular formula is C18H18N4. The summed E-state index contributed by atoms with van der Waals surface area (Å²) in [5.74, 6) is 0.562. The van der Waals surface area contributed by atoms with Crippen molar-refractivity contribution in [1.29, 1.82) is 0 Å². The van der Waals surface area contributed by atoms with Gasteiger partial charge in [-0.2, -0.15) is 0 Å². The lowest BCUT2D eigenvalue weighted by Gasteiger charge is -2.11. The van der Waals surface area contributed by atoms with Gasteiger partial charge in [0.15, 0.2) is 0 Å². The monoisotopic (exact) mass is 290 g/mol. The lowest BCUT2D eigenvalue weighted by atomic mass is 10.1. The summed E-state index contributed by atoms with van der Waals surface area (Å²) in [6, 6.07) is 10.2. The van der Waals surface area contributed by atoms with Gasteiger partial charge in [-0.05, 0) is 41.6 Å². The maximum absolute atomic E-state index is 5.87. The Kier molecular flexibility index (Phi) is 3.74. The van der Waals surface area contributed by atoms with Crippen molar-refractivity contribution < 1.29 is 0 Å². The predicted octanol–water partition coefficient (Wildman–Crippen LogP) is 3.28. The van der Waals surface area contributed by atoms with Crippen molar-refractivity contribution in [3.63, 3.8) is 0 Å². The van der Waals surface area contributed by atoms with Gasteiger partial charge in [0.2, 0.25) is 0 Å². The number of rotatable bonds is 4. The second-order valence-electron chi connectivity index (χ2n) is 5.33. The molecule has 0 unspecified atom stereocenters. The van der Waals surface area contributed by atoms with E-state index in [1.165, 1.54) is 5.56 Å². The zero-order chi connectivity index (χ0) is 15.5. The van der Waals surface area contributed by atoms with E-state index in [0.717, 1.165) is 27.6 Å². The number of aromatic nitrogens is 2. The highest BCUT2D eigenvalue weighted by atomic mass is 14.9. The number of hydrogen-bond acceptors (Lipinski definition) is 4. The Labute approximate surface area is 129 Å². The van der Waals surface area contributed by atoms with Gasteiger partial charge in [-0.1, -0.05) is 18.7 Å². The molecule has 0 amide bonds. The second-order valence-corrected chi connectivity index (χ2v) is 5.33. The summed E-state index contributed by atoms with van der Waals surface area (Å²) in [4.78, 5) is 8.29. The van der Waals surface area contributed by atoms with Gasteiger partial charge in [0.25, 0.3) is 0 Å². The average Bonchev–Trinajstić information content (AvgIpc) is 2.53. The van der Waals surface area contributed by atoms with Crippen LogP contribution >= 0.6 is 0 Å². The molecule has 4 heteroatoms. The van der Waals surface area contributed by atoms with Crippen LogP contribution in [0.1, 0.15) is 16.7 Å². The van der Waals surface area contributed by atoms with Gasteiger partial charge in [0, 0.05) is 41.8 Å². The summed E-state index contributed by atoms with van der Waals surface area (Å²) >= 11 is 0. The van der Waals surface area contributed by atoms with Crippen LogP contribution in [0.25, 0.3) is 16.5 Å². The highest BCUT2D eigenvalue weighted by Gasteiger charge is 2.03. The fourth-order valence-electron chi connectivity index (χ4n) is 2.39. The van der Waals surface area contributed by atoms with Crippen LogP contribution in [0.2, 0.25) is 0 Å². The molecule has 0 atom stereocenters. The van der Waals surface area contributed by atoms with E-state index in [4.69, 9.17) is 5.73 Å². The summed E-state index contributed by atoms with van der Waals surface area (Å²) in [5, 5.41) is 5.41. The van der Waals surface area contributed by atoms with Crippen LogP contribution in [0.5, 0.6) is 0 Å². The zero-order valence-electron chi connectivity index (χ0n) is 12.5. The van der Waals surface area contributed by atoms with Crippen molar-refractivity contribution in [2.75, 3.05) is 5.73 Å². The Morgan fingerprint density at radius 2 is 2.09 bits per heavy atom. The number of nitrogen functional groups attached to an aromatic ring is 1. The van der Waals surface area contributed by atoms with E-state index in [1.54, 1.807) is 6.20 Å². The van der Waals surface area contributed by atoms with Crippen LogP contribution in [0.4, 0.5) is 5.82 Å². The molecule has 4 nitrogen and oxygen atoms in total. The Morgan fingerprint density at radius 1 is 1.23 bits per heavy atom. The summed E-state index contributed by atoms with van der Waals surface area (Å²) in [5.41, 5.74) is 10.0. The van der Waals surface area contributed by atoms with Gasteiger partial charge in [-0.3, -0.25) is 4.98 Å². The van der Waals surface area contributed by atoms with Gasteiger partial charge in [0.05, 0.1) is 0 Å². The number of anilines is 1. The molecule has 3 rings (SSSR count). The van der Waals surface area contributed by atoms with Crippen molar-refractivity contribution in [2.45, 2.75) is 13.5 Å². The average molecular weight is 290 g/mol. The molecule has 3 aromatic rings. The maximum Gasteiger partial charge on any atom is 0.131 e. The topological polar surface area (TPSA) is 63.8 Å². The third-order valence-corrected chi connectivity index (χ3v) is 3.59. The maximum atomic E-state index is 5.87. The minimum Gasteiger partial charge on any atom is -0.383 e. The number of nitrogens with one attached hydrogen (secondary N) is 1. The number of aryl methyl sites for hydroxylation is 1. The van der Waals surface area contributed by atoms with Crippen molar-refractivity contribution in [2.24, 2.45) is 0 Å². The van der Waals surface area contributed by atoms with Gasteiger partial charge in [-0.25, -0.2) is 4.98 Å². The molecule has 1 aromatic carbocycles. The fraction of sp³-hybridized carbons (Fsp3) is 0.111. The number of nitrogens with zero attached hydrogens (tertiary/aromatic N) is 2. The Morgan fingerprint density at radius 3 is 2.91 bits per heavy atom. The van der Waals surface area contributed by atoms with Crippen molar-refractivity contribution in [3.8, 4) is 0 Å². The smallest absolute Gasteiger partial charge is 0.131 e. The molecule has 22 heavy (non-hydrogen) atoms. The predicted molar refractivity (Wildman–Crippen MR) is 91.0 cm³/mol. The molecule has 0 radical (unpaired) electrons. The minimum atomic E-state index is 0.562. The fourth-order valence-corrected chi connectivity index (χ4v) is 2.39. The van der Waals surface area contributed by atoms with Crippen molar-refractivity contribution >= 4 is 22.3 Å². The zero-order valence-corrected chi connectivity index (χ0v) is 12.5. The second kappa shape index (κ2) is 5.85. The molecular weight excluding hydrogens is 272 g/mol. The number of hydrogen-bond donors (Lipinski definition) is 2. The minimum absolute atomic E-state index is 0.562. The van der Waals surface area contributed by atoms with Crippen molar-refractivity contribution in [3.05, 3.63) is 72.2 Å². The van der Waals surface area contributed by atoms with Gasteiger partial charge >= 0.3 is 0 Å². The standard InChI is InChI=1S/C18H18N4/c1-12-7-16(11-20-9-12)13(2)22-10-14-3-4-17-15(8-14)5-6-21-18(17)19/h3-9,11,22H,2,10H2,1H3,(H2,19,21). The van der Waals surface area contributed by atoms with E-state index >= 15 is 0 Å². The molecule has 2 aromatic heterocycles. The van der Waals surface area contributed by atoms with Crippen LogP contribution in [0.3, 0.4) is 0 Å². The SMILES string of the molecule is C=C(NCc1ccc2c(N)nccc2c1)c1cncc(C)c1. The molecule has 0 aliphatic rings. The molecule has 0 fully saturated rings. The van der Waals surface area contributed by atoms with Gasteiger partial charge < -0.3 is 11.1 Å². The highest BCUT2D eigenvalue weighted by molar-refractivity contribution is 5.91. The van der Waals surface area contributed by atoms with Crippen LogP contribution in [0.15, 0.2) is 55.5 Å². The number of pyridine rings is 2. The third-order valence-electron chi connectivity index (χ3n) is 3.59. The van der Waals surface area contributed by atoms with E-state index in [9.17, 15) is 0 Å². The highest BCUT2D eigenvalue weighted by Crippen LogP contribution is 2.20. The Balaban J connectivity index is 1.75. The largest absolute Gasteiger partial charge is 0.383 e. The third kappa shape index (κ3) is 2.91. The number of benzene rings is 1. The lowest BCUT2D eigenvalue weighted by Crippen LogP contribution is -2.11. The first-order valence-electron chi connectivity index (χ1n) is 7.11. The molecule has 0 spiro atoms. The summed E-state index contributed by atoms with van der Waals surface area (Å²) < 4.78 is 0. The summed E-state index contributed by atoms with van der Waals surface area (Å²) in [6.45, 7) is 6.80. The summed E-state index contributed by atoms with van der Waals surface area (Å²) in [7, 11) is 0. The first-order chi connectivity index (χ1) is 10.6. The van der Waals surface area contributed by atoms with E-state index in [-0.39, 0.29) is 0 Å². The number of fused-ring (bicyclic) bond motifs is 1. The number of nitrogens with two attached hydrogens (primary N) is 1.